The summed E-state index contributed by atoms with van der Waals surface area (Å²) in [7, 11) is 0. The van der Waals surface area contributed by atoms with Gasteiger partial charge >= 0.3 is 5.69 Å². The predicted octanol–water partition coefficient (Wildman–Crippen LogP) is 0.380. The smallest absolute Gasteiger partial charge is 0.323 e. The highest BCUT2D eigenvalue weighted by atomic mass is 16.6. The molecular weight excluding hydrogens is 200 g/mol. The molecule has 1 aromatic heterocycles. The number of nitrogens with zero attached hydrogens (tertiary/aromatic N) is 3. The predicted molar refractivity (Wildman–Crippen MR) is 52.4 cm³/mol. The quantitative estimate of drug-likeness (QED) is 0.581. The van der Waals surface area contributed by atoms with Crippen molar-refractivity contribution < 1.29 is 16.6 Å². The number of aromatic nitrogens is 2. The van der Waals surface area contributed by atoms with Crippen molar-refractivity contribution in [1.82, 2.24) is 9.78 Å². The van der Waals surface area contributed by atoms with E-state index >= 15 is 0 Å². The van der Waals surface area contributed by atoms with Gasteiger partial charge in [-0.15, -0.1) is 0 Å². The van der Waals surface area contributed by atoms with Crippen molar-refractivity contribution >= 4 is 11.6 Å². The molecule has 0 unspecified atom stereocenters. The van der Waals surface area contributed by atoms with Crippen LogP contribution in [0.4, 0.5) is 5.69 Å². The van der Waals surface area contributed by atoms with Gasteiger partial charge in [-0.2, -0.15) is 5.10 Å². The molecule has 0 fully saturated rings. The van der Waals surface area contributed by atoms with E-state index in [1.807, 2.05) is 0 Å². The molecule has 15 heavy (non-hydrogen) atoms. The number of primary amides is 1. The molecule has 1 amide bonds. The molecule has 7 heteroatoms. The van der Waals surface area contributed by atoms with E-state index < -0.39 is 41.3 Å². The van der Waals surface area contributed by atoms with E-state index in [-0.39, 0.29) is 11.1 Å². The zero-order chi connectivity index (χ0) is 15.9. The van der Waals surface area contributed by atoms with E-state index in [0.717, 1.165) is 0 Å². The minimum Gasteiger partial charge on any atom is -0.364 e. The number of hydrogen-bond acceptors (Lipinski definition) is 4. The highest BCUT2D eigenvalue weighted by Gasteiger charge is 2.29. The van der Waals surface area contributed by atoms with Crippen LogP contribution in [0.25, 0.3) is 0 Å². The lowest BCUT2D eigenvalue weighted by Gasteiger charge is -1.94. The van der Waals surface area contributed by atoms with Crippen LogP contribution in [0.1, 0.15) is 36.4 Å². The standard InChI is InChI=1S/C8H12N4O3/c1-3-4-5-6(12(14)15)7(8(9)13)11(2)10-5/h3-4H2,1-2H3,(H2,9,13)/i2D3,4D2. The van der Waals surface area contributed by atoms with E-state index in [4.69, 9.17) is 12.6 Å². The molecular formula is C8H12N4O3. The number of hydrogen-bond donors (Lipinski definition) is 1. The van der Waals surface area contributed by atoms with Gasteiger partial charge in [-0.1, -0.05) is 13.3 Å². The summed E-state index contributed by atoms with van der Waals surface area (Å²) < 4.78 is 37.0. The van der Waals surface area contributed by atoms with E-state index in [1.165, 1.54) is 6.92 Å². The van der Waals surface area contributed by atoms with Crippen molar-refractivity contribution in [3.05, 3.63) is 21.5 Å². The van der Waals surface area contributed by atoms with Crippen molar-refractivity contribution in [2.45, 2.75) is 19.7 Å². The van der Waals surface area contributed by atoms with Crippen LogP contribution in [-0.2, 0) is 13.3 Å². The zero-order valence-electron chi connectivity index (χ0n) is 12.9. The Hall–Kier alpha value is -1.92. The van der Waals surface area contributed by atoms with Crippen molar-refractivity contribution in [2.24, 2.45) is 12.7 Å². The van der Waals surface area contributed by atoms with Crippen molar-refractivity contribution in [3.63, 3.8) is 0 Å². The van der Waals surface area contributed by atoms with Gasteiger partial charge in [0.05, 0.1) is 4.92 Å². The monoisotopic (exact) mass is 217 g/mol. The Balaban J connectivity index is 3.80. The van der Waals surface area contributed by atoms with Gasteiger partial charge in [0.1, 0.15) is 5.69 Å². The summed E-state index contributed by atoms with van der Waals surface area (Å²) in [5, 5.41) is 14.4. The molecule has 0 bridgehead atoms. The van der Waals surface area contributed by atoms with Gasteiger partial charge in [-0.3, -0.25) is 19.6 Å². The van der Waals surface area contributed by atoms with Gasteiger partial charge in [0.15, 0.2) is 0 Å². The lowest BCUT2D eigenvalue weighted by molar-refractivity contribution is -0.385. The first-order valence-corrected chi connectivity index (χ1v) is 4.01. The van der Waals surface area contributed by atoms with Crippen LogP contribution in [-0.4, -0.2) is 20.6 Å². The van der Waals surface area contributed by atoms with Gasteiger partial charge in [-0.05, 0) is 6.37 Å². The zero-order valence-corrected chi connectivity index (χ0v) is 7.85. The molecule has 0 saturated heterocycles. The van der Waals surface area contributed by atoms with E-state index in [2.05, 4.69) is 5.10 Å². The van der Waals surface area contributed by atoms with Gasteiger partial charge in [0.25, 0.3) is 5.91 Å². The van der Waals surface area contributed by atoms with Crippen LogP contribution in [0.2, 0.25) is 0 Å². The first kappa shape index (κ1) is 5.84. The maximum Gasteiger partial charge on any atom is 0.323 e. The Labute approximate surface area is 93.0 Å². The van der Waals surface area contributed by atoms with Crippen molar-refractivity contribution in [1.29, 1.82) is 0 Å². The molecule has 0 aliphatic heterocycles. The van der Waals surface area contributed by atoms with Crippen LogP contribution in [0.5, 0.6) is 0 Å². The Morgan fingerprint density at radius 3 is 2.93 bits per heavy atom. The highest BCUT2D eigenvalue weighted by molar-refractivity contribution is 5.95. The molecule has 0 radical (unpaired) electrons. The fourth-order valence-corrected chi connectivity index (χ4v) is 1.09. The lowest BCUT2D eigenvalue weighted by Crippen LogP contribution is -2.17. The normalized spacial score (nSPS) is 17.0. The average Bonchev–Trinajstić information content (AvgIpc) is 2.69. The maximum absolute atomic E-state index is 11.3. The molecule has 0 atom stereocenters. The van der Waals surface area contributed by atoms with Crippen molar-refractivity contribution in [2.75, 3.05) is 0 Å². The van der Waals surface area contributed by atoms with Crippen LogP contribution >= 0.6 is 0 Å². The molecule has 1 heterocycles. The van der Waals surface area contributed by atoms with Crippen LogP contribution in [0.3, 0.4) is 0 Å². The Morgan fingerprint density at radius 2 is 2.53 bits per heavy atom. The fourth-order valence-electron chi connectivity index (χ4n) is 1.09. The summed E-state index contributed by atoms with van der Waals surface area (Å²) in [5.41, 5.74) is 2.29. The van der Waals surface area contributed by atoms with Gasteiger partial charge in [0, 0.05) is 13.8 Å². The molecule has 0 spiro atoms. The van der Waals surface area contributed by atoms with Crippen LogP contribution in [0.15, 0.2) is 0 Å². The first-order chi connectivity index (χ1) is 8.93. The molecule has 0 aliphatic rings. The topological polar surface area (TPSA) is 104 Å². The largest absolute Gasteiger partial charge is 0.364 e. The Kier molecular flexibility index (Phi) is 1.59. The second-order valence-electron chi connectivity index (χ2n) is 2.61. The highest BCUT2D eigenvalue weighted by Crippen LogP contribution is 2.23. The number of aryl methyl sites for hydroxylation is 2. The molecule has 7 nitrogen and oxygen atoms in total. The summed E-state index contributed by atoms with van der Waals surface area (Å²) in [5.74, 6) is -1.36. The molecule has 0 saturated carbocycles. The minimum absolute atomic E-state index is 0.121. The third kappa shape index (κ3) is 1.95. The fraction of sp³-hybridized carbons (Fsp3) is 0.500. The Bertz CT molecular complexity index is 565. The third-order valence-electron chi connectivity index (χ3n) is 1.62. The van der Waals surface area contributed by atoms with E-state index in [1.54, 1.807) is 0 Å². The average molecular weight is 217 g/mol. The first-order valence-electron chi connectivity index (χ1n) is 6.51. The molecule has 1 aromatic rings. The summed E-state index contributed by atoms with van der Waals surface area (Å²) in [6.07, 6.45) is -2.45. The summed E-state index contributed by atoms with van der Waals surface area (Å²) >= 11 is 0. The van der Waals surface area contributed by atoms with Gasteiger partial charge in [0.2, 0.25) is 5.69 Å². The van der Waals surface area contributed by atoms with Gasteiger partial charge < -0.3 is 5.73 Å². The van der Waals surface area contributed by atoms with Gasteiger partial charge in [-0.25, -0.2) is 0 Å². The molecule has 0 aliphatic carbocycles. The minimum atomic E-state index is -2.99. The van der Waals surface area contributed by atoms with E-state index in [9.17, 15) is 14.9 Å². The van der Waals surface area contributed by atoms with E-state index in [0.29, 0.717) is 0 Å². The maximum atomic E-state index is 11.3. The number of carbonyl (C=O) groups excluding carboxylic acids is 1. The SMILES string of the molecule is [2H]C([2H])(CC)c1nn(C([2H])([2H])[2H])c(C(N)=O)c1[N+](=O)[O-]. The summed E-state index contributed by atoms with van der Waals surface area (Å²) in [4.78, 5) is 21.3. The second kappa shape index (κ2) is 4.07. The molecule has 82 valence electrons. The summed E-state index contributed by atoms with van der Waals surface area (Å²) in [6, 6.07) is 0. The number of nitro groups is 1. The Morgan fingerprint density at radius 1 is 1.87 bits per heavy atom. The number of amides is 1. The van der Waals surface area contributed by atoms with Crippen LogP contribution in [0, 0.1) is 10.1 Å². The molecule has 1 rings (SSSR count). The lowest BCUT2D eigenvalue weighted by atomic mass is 10.2. The molecule has 2 N–H and O–H groups in total. The number of rotatable bonds is 4. The van der Waals surface area contributed by atoms with Crippen LogP contribution < -0.4 is 5.73 Å². The number of carbonyl (C=O) groups is 1. The number of nitrogens with two attached hydrogens (primary N) is 1. The third-order valence-corrected chi connectivity index (χ3v) is 1.62. The molecule has 0 aromatic carbocycles. The second-order valence-corrected chi connectivity index (χ2v) is 2.61. The van der Waals surface area contributed by atoms with Crippen molar-refractivity contribution in [3.8, 4) is 0 Å². The summed E-state index contributed by atoms with van der Waals surface area (Å²) in [6.45, 7) is -1.58.